The van der Waals surface area contributed by atoms with E-state index in [1.54, 1.807) is 24.3 Å². The number of carbonyl (C=O) groups is 2. The van der Waals surface area contributed by atoms with Gasteiger partial charge in [0.05, 0.1) is 22.5 Å². The molecule has 0 bridgehead atoms. The zero-order chi connectivity index (χ0) is 22.6. The Morgan fingerprint density at radius 1 is 0.606 bits per heavy atom. The number of unbranched alkanes of at least 4 members (excludes halogenated alkanes) is 2. The normalized spacial score (nSPS) is 15.0. The van der Waals surface area contributed by atoms with E-state index in [0.717, 1.165) is 54.0 Å². The van der Waals surface area contributed by atoms with Crippen LogP contribution < -0.4 is 5.32 Å². The maximum absolute atomic E-state index is 12.5. The minimum atomic E-state index is -0.185. The first-order valence-corrected chi connectivity index (χ1v) is 11.3. The second kappa shape index (κ2) is 9.25. The van der Waals surface area contributed by atoms with Crippen molar-refractivity contribution in [1.29, 1.82) is 0 Å². The van der Waals surface area contributed by atoms with Crippen LogP contribution in [-0.2, 0) is 0 Å². The average molecular weight is 435 g/mol. The summed E-state index contributed by atoms with van der Waals surface area (Å²) in [7, 11) is 0. The lowest BCUT2D eigenvalue weighted by atomic mass is 10.1. The second-order valence-electron chi connectivity index (χ2n) is 8.19. The lowest BCUT2D eigenvalue weighted by Gasteiger charge is -2.13. The van der Waals surface area contributed by atoms with E-state index >= 15 is 0 Å². The molecular weight excluding hydrogens is 410 g/mol. The molecule has 0 unspecified atom stereocenters. The van der Waals surface area contributed by atoms with Gasteiger partial charge in [0.1, 0.15) is 5.84 Å². The average Bonchev–Trinajstić information content (AvgIpc) is 3.40. The van der Waals surface area contributed by atoms with Crippen molar-refractivity contribution >= 4 is 29.0 Å². The molecule has 0 fully saturated rings. The Bertz CT molecular complexity index is 1210. The first kappa shape index (κ1) is 20.9. The number of rotatable bonds is 8. The predicted molar refractivity (Wildman–Crippen MR) is 130 cm³/mol. The fourth-order valence-electron chi connectivity index (χ4n) is 4.27. The van der Waals surface area contributed by atoms with Crippen LogP contribution in [0.4, 0.5) is 0 Å². The number of benzene rings is 3. The molecule has 5 rings (SSSR count). The maximum atomic E-state index is 12.5. The van der Waals surface area contributed by atoms with Gasteiger partial charge in [-0.2, -0.15) is 0 Å². The molecular formula is C28H24N3O2. The molecule has 0 aliphatic carbocycles. The molecule has 0 saturated heterocycles. The summed E-state index contributed by atoms with van der Waals surface area (Å²) in [5, 5.41) is 4.85. The number of amidine groups is 1. The Hall–Kier alpha value is -3.99. The zero-order valence-electron chi connectivity index (χ0n) is 18.3. The second-order valence-corrected chi connectivity index (χ2v) is 8.19. The molecule has 0 N–H and O–H groups in total. The van der Waals surface area contributed by atoms with Gasteiger partial charge in [-0.15, -0.1) is 0 Å². The van der Waals surface area contributed by atoms with Crippen LogP contribution in [0.2, 0.25) is 0 Å². The van der Waals surface area contributed by atoms with Gasteiger partial charge in [0.25, 0.3) is 11.8 Å². The molecule has 0 aromatic heterocycles. The van der Waals surface area contributed by atoms with Crippen molar-refractivity contribution in [2.24, 2.45) is 4.99 Å². The third-order valence-electron chi connectivity index (χ3n) is 5.96. The molecule has 3 aromatic carbocycles. The van der Waals surface area contributed by atoms with E-state index < -0.39 is 0 Å². The molecule has 163 valence electrons. The number of hydrogen-bond acceptors (Lipinski definition) is 3. The van der Waals surface area contributed by atoms with Gasteiger partial charge in [-0.25, -0.2) is 10.3 Å². The van der Waals surface area contributed by atoms with E-state index in [1.807, 2.05) is 36.4 Å². The van der Waals surface area contributed by atoms with E-state index in [-0.39, 0.29) is 11.8 Å². The van der Waals surface area contributed by atoms with Crippen molar-refractivity contribution in [3.8, 4) is 0 Å². The van der Waals surface area contributed by atoms with Gasteiger partial charge in [0.15, 0.2) is 0 Å². The lowest BCUT2D eigenvalue weighted by Crippen LogP contribution is -2.30. The smallest absolute Gasteiger partial charge is 0.261 e. The van der Waals surface area contributed by atoms with Gasteiger partial charge in [-0.05, 0) is 25.0 Å². The molecule has 2 aliphatic rings. The van der Waals surface area contributed by atoms with Crippen LogP contribution in [-0.4, -0.2) is 29.1 Å². The quantitative estimate of drug-likeness (QED) is 0.353. The summed E-state index contributed by atoms with van der Waals surface area (Å²) in [5.41, 5.74) is 4.94. The standard InChI is InChI=1S/C28H24N3O2/c32-27-22-16-9-10-17-23(22)28(33)31(27)19-11-3-8-18-24-29-25(20-12-4-1-5-13-20)26(30-24)21-14-6-2-7-15-21/h1-2,4-7,9-10,12-17H,3,8,11,18-19H2. The van der Waals surface area contributed by atoms with Crippen LogP contribution in [0.1, 0.15) is 57.5 Å². The Morgan fingerprint density at radius 3 is 1.76 bits per heavy atom. The zero-order valence-corrected chi connectivity index (χ0v) is 18.3. The van der Waals surface area contributed by atoms with Crippen LogP contribution in [0.5, 0.6) is 0 Å². The predicted octanol–water partition coefficient (Wildman–Crippen LogP) is 5.39. The molecule has 2 amide bonds. The number of carbonyl (C=O) groups excluding carboxylic acids is 2. The van der Waals surface area contributed by atoms with E-state index in [1.165, 1.54) is 4.90 Å². The number of imide groups is 1. The fraction of sp³-hybridized carbons (Fsp3) is 0.179. The van der Waals surface area contributed by atoms with Gasteiger partial charge >= 0.3 is 0 Å². The first-order valence-electron chi connectivity index (χ1n) is 11.3. The molecule has 2 heterocycles. The highest BCUT2D eigenvalue weighted by Crippen LogP contribution is 2.31. The third-order valence-corrected chi connectivity index (χ3v) is 5.96. The SMILES string of the molecule is O=C1c2ccccc2C(=O)N1CCCCCC1=NC(c2ccccc2)=C(c2ccccc2)[N]1. The topological polar surface area (TPSA) is 63.8 Å². The van der Waals surface area contributed by atoms with E-state index in [2.05, 4.69) is 24.3 Å². The van der Waals surface area contributed by atoms with Crippen molar-refractivity contribution in [3.05, 3.63) is 107 Å². The third kappa shape index (κ3) is 4.22. The summed E-state index contributed by atoms with van der Waals surface area (Å²) < 4.78 is 0. The summed E-state index contributed by atoms with van der Waals surface area (Å²) in [6.45, 7) is 0.443. The molecule has 3 aromatic rings. The number of nitrogens with zero attached hydrogens (tertiary/aromatic N) is 3. The first-order chi connectivity index (χ1) is 16.2. The molecule has 0 saturated carbocycles. The van der Waals surface area contributed by atoms with Gasteiger partial charge in [-0.1, -0.05) is 79.2 Å². The highest BCUT2D eigenvalue weighted by atomic mass is 16.2. The minimum Gasteiger partial charge on any atom is -0.274 e. The Morgan fingerprint density at radius 2 is 1.15 bits per heavy atom. The fourth-order valence-corrected chi connectivity index (χ4v) is 4.27. The molecule has 33 heavy (non-hydrogen) atoms. The van der Waals surface area contributed by atoms with Crippen LogP contribution in [0.15, 0.2) is 89.9 Å². The van der Waals surface area contributed by atoms with Crippen molar-refractivity contribution < 1.29 is 9.59 Å². The Kier molecular flexibility index (Phi) is 5.85. The summed E-state index contributed by atoms with van der Waals surface area (Å²) in [6.07, 6.45) is 3.32. The van der Waals surface area contributed by atoms with Gasteiger partial charge in [0.2, 0.25) is 0 Å². The van der Waals surface area contributed by atoms with Gasteiger partial charge < -0.3 is 0 Å². The van der Waals surface area contributed by atoms with Crippen molar-refractivity contribution in [2.45, 2.75) is 25.7 Å². The van der Waals surface area contributed by atoms with E-state index in [0.29, 0.717) is 17.7 Å². The van der Waals surface area contributed by atoms with Crippen LogP contribution >= 0.6 is 0 Å². The molecule has 1 radical (unpaired) electrons. The Labute approximate surface area is 193 Å². The monoisotopic (exact) mass is 434 g/mol. The van der Waals surface area contributed by atoms with Gasteiger partial charge in [-0.3, -0.25) is 14.5 Å². The largest absolute Gasteiger partial charge is 0.274 e. The molecule has 0 spiro atoms. The van der Waals surface area contributed by atoms with E-state index in [9.17, 15) is 9.59 Å². The van der Waals surface area contributed by atoms with Crippen LogP contribution in [0.3, 0.4) is 0 Å². The van der Waals surface area contributed by atoms with E-state index in [4.69, 9.17) is 10.3 Å². The number of hydrogen-bond donors (Lipinski definition) is 0. The minimum absolute atomic E-state index is 0.185. The van der Waals surface area contributed by atoms with Crippen molar-refractivity contribution in [3.63, 3.8) is 0 Å². The van der Waals surface area contributed by atoms with Gasteiger partial charge in [0, 0.05) is 24.1 Å². The van der Waals surface area contributed by atoms with Crippen molar-refractivity contribution in [2.75, 3.05) is 6.54 Å². The van der Waals surface area contributed by atoms with Crippen LogP contribution in [0, 0.1) is 0 Å². The number of aliphatic imine (C=N–C) groups is 1. The number of amides is 2. The molecule has 5 heteroatoms. The molecule has 5 nitrogen and oxygen atoms in total. The maximum Gasteiger partial charge on any atom is 0.261 e. The number of fused-ring (bicyclic) bond motifs is 1. The molecule has 0 atom stereocenters. The summed E-state index contributed by atoms with van der Waals surface area (Å²) >= 11 is 0. The summed E-state index contributed by atoms with van der Waals surface area (Å²) in [4.78, 5) is 31.2. The molecule has 2 aliphatic heterocycles. The highest BCUT2D eigenvalue weighted by Gasteiger charge is 2.34. The highest BCUT2D eigenvalue weighted by molar-refractivity contribution is 6.21. The lowest BCUT2D eigenvalue weighted by molar-refractivity contribution is 0.0651. The summed E-state index contributed by atoms with van der Waals surface area (Å²) in [5.74, 6) is 0.457. The van der Waals surface area contributed by atoms with Crippen molar-refractivity contribution in [1.82, 2.24) is 10.2 Å². The van der Waals surface area contributed by atoms with Crippen LogP contribution in [0.25, 0.3) is 11.4 Å². The Balaban J connectivity index is 1.18. The summed E-state index contributed by atoms with van der Waals surface area (Å²) in [6, 6.07) is 27.3.